The Labute approximate surface area is 227 Å². The first-order valence-corrected chi connectivity index (χ1v) is 13.0. The van der Waals surface area contributed by atoms with Gasteiger partial charge in [-0.1, -0.05) is 6.07 Å². The number of carbonyl (C=O) groups excluding carboxylic acids is 2. The summed E-state index contributed by atoms with van der Waals surface area (Å²) >= 11 is 0. The van der Waals surface area contributed by atoms with Gasteiger partial charge >= 0.3 is 0 Å². The van der Waals surface area contributed by atoms with Crippen molar-refractivity contribution in [2.24, 2.45) is 0 Å². The molecule has 39 heavy (non-hydrogen) atoms. The minimum Gasteiger partial charge on any atom is -0.507 e. The van der Waals surface area contributed by atoms with Crippen LogP contribution in [-0.2, 0) is 14.3 Å². The van der Waals surface area contributed by atoms with Gasteiger partial charge in [-0.25, -0.2) is 4.39 Å². The summed E-state index contributed by atoms with van der Waals surface area (Å²) in [6.45, 7) is 7.50. The smallest absolute Gasteiger partial charge is 0.295 e. The predicted octanol–water partition coefficient (Wildman–Crippen LogP) is 3.77. The van der Waals surface area contributed by atoms with Crippen LogP contribution >= 0.6 is 0 Å². The molecule has 1 N–H and O–H groups in total. The molecule has 2 aliphatic heterocycles. The Morgan fingerprint density at radius 2 is 1.72 bits per heavy atom. The molecular formula is C29H35FN2O7. The van der Waals surface area contributed by atoms with Gasteiger partial charge in [-0.3, -0.25) is 14.5 Å². The van der Waals surface area contributed by atoms with Crippen molar-refractivity contribution in [1.29, 1.82) is 0 Å². The van der Waals surface area contributed by atoms with Gasteiger partial charge in [-0.2, -0.15) is 0 Å². The topological polar surface area (TPSA) is 97.8 Å². The van der Waals surface area contributed by atoms with Gasteiger partial charge in [-0.05, 0) is 56.2 Å². The first-order valence-electron chi connectivity index (χ1n) is 13.0. The Bertz CT molecular complexity index is 1240. The lowest BCUT2D eigenvalue weighted by Gasteiger charge is -2.29. The third-order valence-corrected chi connectivity index (χ3v) is 6.81. The van der Waals surface area contributed by atoms with Gasteiger partial charge in [0.05, 0.1) is 45.2 Å². The Morgan fingerprint density at radius 3 is 2.36 bits per heavy atom. The summed E-state index contributed by atoms with van der Waals surface area (Å²) in [6.07, 6.45) is 0.374. The Morgan fingerprint density at radius 1 is 1.03 bits per heavy atom. The average Bonchev–Trinajstić information content (AvgIpc) is 3.18. The summed E-state index contributed by atoms with van der Waals surface area (Å²) in [5.74, 6) is -1.78. The normalized spacial score (nSPS) is 19.5. The number of ether oxygens (including phenoxy) is 4. The molecule has 9 nitrogen and oxygen atoms in total. The molecule has 210 valence electrons. The van der Waals surface area contributed by atoms with E-state index in [1.165, 1.54) is 31.3 Å². The number of nitrogens with zero attached hydrogens (tertiary/aromatic N) is 2. The van der Waals surface area contributed by atoms with Crippen LogP contribution in [0.15, 0.2) is 42.0 Å². The summed E-state index contributed by atoms with van der Waals surface area (Å²) in [6, 6.07) is 8.15. The van der Waals surface area contributed by atoms with Crippen LogP contribution in [0.1, 0.15) is 37.4 Å². The fourth-order valence-corrected chi connectivity index (χ4v) is 4.92. The number of benzene rings is 2. The molecule has 0 aromatic heterocycles. The highest BCUT2D eigenvalue weighted by molar-refractivity contribution is 6.46. The number of ketones is 1. The van der Waals surface area contributed by atoms with Gasteiger partial charge in [0.15, 0.2) is 23.1 Å². The van der Waals surface area contributed by atoms with Crippen molar-refractivity contribution in [3.05, 3.63) is 58.9 Å². The summed E-state index contributed by atoms with van der Waals surface area (Å²) in [7, 11) is 3.00. The van der Waals surface area contributed by atoms with E-state index in [1.807, 2.05) is 0 Å². The second-order valence-corrected chi connectivity index (χ2v) is 9.73. The van der Waals surface area contributed by atoms with Gasteiger partial charge in [0.1, 0.15) is 5.76 Å². The SMILES string of the molecule is COc1ccc([C@@H]2C(=C(O)c3ccc(OC(C)C)c(F)c3)C(=O)C(=O)N2CCCN2CCOCC2)cc1OC. The largest absolute Gasteiger partial charge is 0.507 e. The molecule has 0 unspecified atom stereocenters. The van der Waals surface area contributed by atoms with E-state index >= 15 is 0 Å². The fourth-order valence-electron chi connectivity index (χ4n) is 4.92. The number of rotatable bonds is 10. The molecule has 0 aliphatic carbocycles. The minimum absolute atomic E-state index is 0.0292. The van der Waals surface area contributed by atoms with Crippen molar-refractivity contribution in [2.45, 2.75) is 32.4 Å². The zero-order valence-corrected chi connectivity index (χ0v) is 22.7. The summed E-state index contributed by atoms with van der Waals surface area (Å²) in [4.78, 5) is 30.3. The van der Waals surface area contributed by atoms with Crippen LogP contribution in [0.2, 0.25) is 0 Å². The Kier molecular flexibility index (Phi) is 9.08. The van der Waals surface area contributed by atoms with Crippen molar-refractivity contribution < 1.29 is 38.0 Å². The molecular weight excluding hydrogens is 507 g/mol. The van der Waals surface area contributed by atoms with E-state index in [0.717, 1.165) is 25.7 Å². The number of aliphatic hydroxyl groups is 1. The summed E-state index contributed by atoms with van der Waals surface area (Å²) < 4.78 is 36.4. The average molecular weight is 543 g/mol. The van der Waals surface area contributed by atoms with Crippen molar-refractivity contribution in [1.82, 2.24) is 9.80 Å². The molecule has 2 saturated heterocycles. The highest BCUT2D eigenvalue weighted by atomic mass is 19.1. The second kappa shape index (κ2) is 12.5. The maximum atomic E-state index is 14.8. The van der Waals surface area contributed by atoms with E-state index in [2.05, 4.69) is 4.90 Å². The number of hydrogen-bond donors (Lipinski definition) is 1. The van der Waals surface area contributed by atoms with Crippen LogP contribution in [-0.4, -0.2) is 86.3 Å². The maximum absolute atomic E-state index is 14.8. The predicted molar refractivity (Wildman–Crippen MR) is 143 cm³/mol. The quantitative estimate of drug-likeness (QED) is 0.275. The molecule has 2 heterocycles. The lowest BCUT2D eigenvalue weighted by Crippen LogP contribution is -2.39. The molecule has 1 atom stereocenters. The van der Waals surface area contributed by atoms with Crippen LogP contribution in [0, 0.1) is 5.82 Å². The number of morpholine rings is 1. The van der Waals surface area contributed by atoms with E-state index in [4.69, 9.17) is 18.9 Å². The second-order valence-electron chi connectivity index (χ2n) is 9.73. The molecule has 1 amide bonds. The molecule has 0 radical (unpaired) electrons. The first kappa shape index (κ1) is 28.4. The van der Waals surface area contributed by atoms with Crippen LogP contribution in [0.25, 0.3) is 5.76 Å². The van der Waals surface area contributed by atoms with Gasteiger partial charge < -0.3 is 29.0 Å². The highest BCUT2D eigenvalue weighted by Gasteiger charge is 2.46. The molecule has 2 fully saturated rings. The minimum atomic E-state index is -0.899. The zero-order chi connectivity index (χ0) is 28.1. The monoisotopic (exact) mass is 542 g/mol. The number of hydrogen-bond acceptors (Lipinski definition) is 8. The standard InChI is InChI=1S/C29H35FN2O7/c1-18(2)39-22-8-7-20(16-21(22)30)27(33)25-26(19-6-9-23(36-3)24(17-19)37-4)32(29(35)28(25)34)11-5-10-31-12-14-38-15-13-31/h6-9,16-18,26,33H,5,10-15H2,1-4H3/t26-/m1/s1. The molecule has 0 spiro atoms. The van der Waals surface area contributed by atoms with Crippen molar-refractivity contribution in [3.63, 3.8) is 0 Å². The van der Waals surface area contributed by atoms with Gasteiger partial charge in [-0.15, -0.1) is 0 Å². The number of methoxy groups -OCH3 is 2. The number of likely N-dealkylation sites (tertiary alicyclic amines) is 1. The summed E-state index contributed by atoms with van der Waals surface area (Å²) in [5, 5.41) is 11.3. The fraction of sp³-hybridized carbons (Fsp3) is 0.448. The van der Waals surface area contributed by atoms with E-state index in [-0.39, 0.29) is 29.5 Å². The highest BCUT2D eigenvalue weighted by Crippen LogP contribution is 2.42. The zero-order valence-electron chi connectivity index (χ0n) is 22.7. The molecule has 2 aromatic carbocycles. The van der Waals surface area contributed by atoms with Crippen molar-refractivity contribution in [3.8, 4) is 17.2 Å². The summed E-state index contributed by atoms with van der Waals surface area (Å²) in [5.41, 5.74) is 0.510. The van der Waals surface area contributed by atoms with Crippen molar-refractivity contribution >= 4 is 17.4 Å². The van der Waals surface area contributed by atoms with Crippen molar-refractivity contribution in [2.75, 3.05) is 53.6 Å². The Balaban J connectivity index is 1.73. The van der Waals surface area contributed by atoms with Crippen LogP contribution in [0.5, 0.6) is 17.2 Å². The third kappa shape index (κ3) is 6.17. The number of halogens is 1. The lowest BCUT2D eigenvalue weighted by atomic mass is 9.94. The van der Waals surface area contributed by atoms with E-state index < -0.39 is 29.3 Å². The van der Waals surface area contributed by atoms with Gasteiger partial charge in [0, 0.05) is 31.7 Å². The number of Topliss-reactive ketones (excluding diaryl/α,β-unsaturated/α-hetero) is 1. The Hall–Kier alpha value is -3.63. The number of carbonyl (C=O) groups is 2. The molecule has 2 aliphatic rings. The maximum Gasteiger partial charge on any atom is 0.295 e. The molecule has 10 heteroatoms. The van der Waals surface area contributed by atoms with Crippen LogP contribution in [0.3, 0.4) is 0 Å². The number of aliphatic hydroxyl groups excluding tert-OH is 1. The first-order chi connectivity index (χ1) is 18.7. The van der Waals surface area contributed by atoms with E-state index in [0.29, 0.717) is 36.7 Å². The number of amides is 1. The van der Waals surface area contributed by atoms with Gasteiger partial charge in [0.2, 0.25) is 0 Å². The van der Waals surface area contributed by atoms with E-state index in [1.54, 1.807) is 32.0 Å². The van der Waals surface area contributed by atoms with Crippen LogP contribution < -0.4 is 14.2 Å². The third-order valence-electron chi connectivity index (χ3n) is 6.81. The molecule has 0 saturated carbocycles. The van der Waals surface area contributed by atoms with Crippen LogP contribution in [0.4, 0.5) is 4.39 Å². The molecule has 4 rings (SSSR count). The van der Waals surface area contributed by atoms with Gasteiger partial charge in [0.25, 0.3) is 11.7 Å². The lowest BCUT2D eigenvalue weighted by molar-refractivity contribution is -0.140. The molecule has 2 aromatic rings. The molecule has 0 bridgehead atoms. The van der Waals surface area contributed by atoms with E-state index in [9.17, 15) is 19.1 Å².